The average molecular weight is 199 g/mol. The molecule has 0 radical (unpaired) electrons. The maximum absolute atomic E-state index is 10.3. The number of aldehydes is 1. The standard InChI is InChI=1S/C11H20O3/c1-10(9-12)7-5-3-2-4-6-8-11(13)14/h9-10H,2-8H2,1H3,(H,13,14)/p-1. The number of aliphatic carboxylic acids is 1. The van der Waals surface area contributed by atoms with Crippen molar-refractivity contribution in [1.82, 2.24) is 0 Å². The first-order valence-electron chi connectivity index (χ1n) is 5.32. The largest absolute Gasteiger partial charge is 0.550 e. The van der Waals surface area contributed by atoms with Crippen molar-refractivity contribution in [2.24, 2.45) is 5.92 Å². The Morgan fingerprint density at radius 3 is 2.36 bits per heavy atom. The van der Waals surface area contributed by atoms with E-state index in [4.69, 9.17) is 0 Å². The van der Waals surface area contributed by atoms with Crippen LogP contribution < -0.4 is 5.11 Å². The molecule has 3 heteroatoms. The van der Waals surface area contributed by atoms with Crippen LogP contribution in [0.15, 0.2) is 0 Å². The summed E-state index contributed by atoms with van der Waals surface area (Å²) in [5.41, 5.74) is 0. The van der Waals surface area contributed by atoms with Gasteiger partial charge in [-0.05, 0) is 19.3 Å². The maximum atomic E-state index is 10.3. The quantitative estimate of drug-likeness (QED) is 0.415. The molecular weight excluding hydrogens is 180 g/mol. The summed E-state index contributed by atoms with van der Waals surface area (Å²) in [6.45, 7) is 1.92. The summed E-state index contributed by atoms with van der Waals surface area (Å²) in [4.78, 5) is 20.3. The Morgan fingerprint density at radius 2 is 1.79 bits per heavy atom. The van der Waals surface area contributed by atoms with E-state index in [-0.39, 0.29) is 12.3 Å². The summed E-state index contributed by atoms with van der Waals surface area (Å²) in [5, 5.41) is 10.1. The van der Waals surface area contributed by atoms with Crippen molar-refractivity contribution in [2.75, 3.05) is 0 Å². The fraction of sp³-hybridized carbons (Fsp3) is 0.818. The summed E-state index contributed by atoms with van der Waals surface area (Å²) in [7, 11) is 0. The molecule has 0 aliphatic rings. The molecule has 82 valence electrons. The summed E-state index contributed by atoms with van der Waals surface area (Å²) in [5.74, 6) is -0.794. The van der Waals surface area contributed by atoms with Gasteiger partial charge in [-0.25, -0.2) is 0 Å². The van der Waals surface area contributed by atoms with Crippen LogP contribution in [0.3, 0.4) is 0 Å². The highest BCUT2D eigenvalue weighted by Crippen LogP contribution is 2.10. The van der Waals surface area contributed by atoms with Crippen molar-refractivity contribution in [2.45, 2.75) is 51.9 Å². The van der Waals surface area contributed by atoms with E-state index in [1.165, 1.54) is 0 Å². The van der Waals surface area contributed by atoms with E-state index in [2.05, 4.69) is 0 Å². The Labute approximate surface area is 85.5 Å². The molecule has 0 heterocycles. The van der Waals surface area contributed by atoms with Crippen LogP contribution in [-0.4, -0.2) is 12.3 Å². The second-order valence-corrected chi connectivity index (χ2v) is 3.79. The topological polar surface area (TPSA) is 57.2 Å². The van der Waals surface area contributed by atoms with Gasteiger partial charge in [0.25, 0.3) is 0 Å². The Hall–Kier alpha value is -0.860. The molecule has 0 aliphatic heterocycles. The van der Waals surface area contributed by atoms with Gasteiger partial charge in [0.2, 0.25) is 0 Å². The monoisotopic (exact) mass is 199 g/mol. The van der Waals surface area contributed by atoms with Crippen molar-refractivity contribution < 1.29 is 14.7 Å². The lowest BCUT2D eigenvalue weighted by Gasteiger charge is -2.04. The third kappa shape index (κ3) is 9.23. The molecule has 0 aliphatic carbocycles. The van der Waals surface area contributed by atoms with Gasteiger partial charge in [-0.3, -0.25) is 0 Å². The molecule has 1 unspecified atom stereocenters. The van der Waals surface area contributed by atoms with E-state index in [1.807, 2.05) is 6.92 Å². The van der Waals surface area contributed by atoms with Gasteiger partial charge in [0, 0.05) is 11.9 Å². The van der Waals surface area contributed by atoms with E-state index in [1.54, 1.807) is 0 Å². The van der Waals surface area contributed by atoms with Gasteiger partial charge in [-0.1, -0.05) is 32.6 Å². The van der Waals surface area contributed by atoms with Crippen molar-refractivity contribution >= 4 is 12.3 Å². The molecule has 0 spiro atoms. The lowest BCUT2D eigenvalue weighted by atomic mass is 10.0. The van der Waals surface area contributed by atoms with E-state index in [0.29, 0.717) is 6.42 Å². The van der Waals surface area contributed by atoms with Gasteiger partial charge < -0.3 is 14.7 Å². The third-order valence-electron chi connectivity index (χ3n) is 2.27. The van der Waals surface area contributed by atoms with Crippen molar-refractivity contribution in [1.29, 1.82) is 0 Å². The first-order chi connectivity index (χ1) is 6.66. The molecule has 3 nitrogen and oxygen atoms in total. The van der Waals surface area contributed by atoms with Crippen molar-refractivity contribution in [3.05, 3.63) is 0 Å². The summed E-state index contributed by atoms with van der Waals surface area (Å²) < 4.78 is 0. The Kier molecular flexibility index (Phi) is 8.19. The molecule has 0 fully saturated rings. The Balaban J connectivity index is 3.06. The zero-order chi connectivity index (χ0) is 10.8. The van der Waals surface area contributed by atoms with Crippen LogP contribution in [0.2, 0.25) is 0 Å². The van der Waals surface area contributed by atoms with Crippen LogP contribution in [0, 0.1) is 5.92 Å². The van der Waals surface area contributed by atoms with Crippen LogP contribution in [0.4, 0.5) is 0 Å². The fourth-order valence-electron chi connectivity index (χ4n) is 1.33. The van der Waals surface area contributed by atoms with Gasteiger partial charge in [0.15, 0.2) is 0 Å². The van der Waals surface area contributed by atoms with Gasteiger partial charge in [-0.2, -0.15) is 0 Å². The molecule has 0 aromatic rings. The molecule has 0 N–H and O–H groups in total. The summed E-state index contributed by atoms with van der Waals surface area (Å²) in [6, 6.07) is 0. The van der Waals surface area contributed by atoms with Crippen molar-refractivity contribution in [3.63, 3.8) is 0 Å². The average Bonchev–Trinajstić information content (AvgIpc) is 2.15. The predicted molar refractivity (Wildman–Crippen MR) is 52.6 cm³/mol. The van der Waals surface area contributed by atoms with Gasteiger partial charge in [-0.15, -0.1) is 0 Å². The van der Waals surface area contributed by atoms with E-state index in [0.717, 1.165) is 38.4 Å². The van der Waals surface area contributed by atoms with Crippen LogP contribution in [-0.2, 0) is 9.59 Å². The molecule has 0 saturated heterocycles. The van der Waals surface area contributed by atoms with Gasteiger partial charge in [0.05, 0.1) is 0 Å². The van der Waals surface area contributed by atoms with E-state index < -0.39 is 5.97 Å². The number of hydrogen-bond donors (Lipinski definition) is 0. The molecule has 0 saturated carbocycles. The Morgan fingerprint density at radius 1 is 1.21 bits per heavy atom. The number of carbonyl (C=O) groups is 2. The fourth-order valence-corrected chi connectivity index (χ4v) is 1.33. The molecule has 0 aromatic carbocycles. The molecule has 0 rings (SSSR count). The second-order valence-electron chi connectivity index (χ2n) is 3.79. The number of unbranched alkanes of at least 4 members (excludes halogenated alkanes) is 4. The first-order valence-corrected chi connectivity index (χ1v) is 5.32. The van der Waals surface area contributed by atoms with Crippen molar-refractivity contribution in [3.8, 4) is 0 Å². The molecule has 14 heavy (non-hydrogen) atoms. The minimum absolute atomic E-state index is 0.165. The number of hydrogen-bond acceptors (Lipinski definition) is 3. The number of carboxylic acid groups (broad SMARTS) is 1. The van der Waals surface area contributed by atoms with Crippen LogP contribution >= 0.6 is 0 Å². The maximum Gasteiger partial charge on any atom is 0.122 e. The van der Waals surface area contributed by atoms with Crippen LogP contribution in [0.1, 0.15) is 51.9 Å². The molecular formula is C11H19O3-. The summed E-state index contributed by atoms with van der Waals surface area (Å²) >= 11 is 0. The minimum Gasteiger partial charge on any atom is -0.550 e. The highest BCUT2D eigenvalue weighted by molar-refractivity contribution is 5.64. The van der Waals surface area contributed by atoms with Crippen LogP contribution in [0.25, 0.3) is 0 Å². The highest BCUT2D eigenvalue weighted by Gasteiger charge is 1.98. The second kappa shape index (κ2) is 8.73. The summed E-state index contributed by atoms with van der Waals surface area (Å²) in [6.07, 6.45) is 6.97. The van der Waals surface area contributed by atoms with Gasteiger partial charge in [0.1, 0.15) is 6.29 Å². The molecule has 0 aromatic heterocycles. The van der Waals surface area contributed by atoms with E-state index >= 15 is 0 Å². The molecule has 0 amide bonds. The first kappa shape index (κ1) is 13.1. The lowest BCUT2D eigenvalue weighted by molar-refractivity contribution is -0.305. The number of rotatable bonds is 9. The smallest absolute Gasteiger partial charge is 0.122 e. The van der Waals surface area contributed by atoms with E-state index in [9.17, 15) is 14.7 Å². The zero-order valence-corrected chi connectivity index (χ0v) is 8.83. The molecule has 0 bridgehead atoms. The highest BCUT2D eigenvalue weighted by atomic mass is 16.4. The number of carboxylic acids is 1. The molecule has 1 atom stereocenters. The zero-order valence-electron chi connectivity index (χ0n) is 8.83. The minimum atomic E-state index is -0.959. The van der Waals surface area contributed by atoms with Crippen LogP contribution in [0.5, 0.6) is 0 Å². The Bertz CT molecular complexity index is 166. The normalized spacial score (nSPS) is 12.4. The van der Waals surface area contributed by atoms with Gasteiger partial charge >= 0.3 is 0 Å². The predicted octanol–water partition coefficient (Wildman–Crippen LogP) is 1.30. The SMILES string of the molecule is CC(C=O)CCCCCCCC(=O)[O-]. The lowest BCUT2D eigenvalue weighted by Crippen LogP contribution is -2.21. The number of carbonyl (C=O) groups excluding carboxylic acids is 2. The third-order valence-corrected chi connectivity index (χ3v) is 2.27.